The third kappa shape index (κ3) is 3.43. The summed E-state index contributed by atoms with van der Waals surface area (Å²) in [5, 5.41) is 0. The zero-order chi connectivity index (χ0) is 16.1. The van der Waals surface area contributed by atoms with E-state index in [0.717, 1.165) is 22.3 Å². The Hall–Kier alpha value is -2.39. The monoisotopic (exact) mass is 295 g/mol. The van der Waals surface area contributed by atoms with Crippen LogP contribution in [0.3, 0.4) is 0 Å². The molecule has 0 fully saturated rings. The highest BCUT2D eigenvalue weighted by Crippen LogP contribution is 2.30. The largest absolute Gasteiger partial charge is 0.469 e. The molecule has 3 heteroatoms. The van der Waals surface area contributed by atoms with Gasteiger partial charge >= 0.3 is 5.97 Å². The molecule has 3 nitrogen and oxygen atoms in total. The van der Waals surface area contributed by atoms with Crippen molar-refractivity contribution in [2.45, 2.75) is 19.4 Å². The predicted molar refractivity (Wildman–Crippen MR) is 90.3 cm³/mol. The van der Waals surface area contributed by atoms with Crippen molar-refractivity contribution in [3.63, 3.8) is 0 Å². The fourth-order valence-corrected chi connectivity index (χ4v) is 2.56. The Morgan fingerprint density at radius 2 is 2.05 bits per heavy atom. The van der Waals surface area contributed by atoms with Crippen molar-refractivity contribution in [1.82, 2.24) is 0 Å². The van der Waals surface area contributed by atoms with Crippen molar-refractivity contribution in [2.75, 3.05) is 7.11 Å². The van der Waals surface area contributed by atoms with E-state index < -0.39 is 0 Å². The maximum atomic E-state index is 11.4. The lowest BCUT2D eigenvalue weighted by molar-refractivity contribution is -0.141. The summed E-state index contributed by atoms with van der Waals surface area (Å²) >= 11 is 0. The molecule has 0 unspecified atom stereocenters. The summed E-state index contributed by atoms with van der Waals surface area (Å²) in [5.74, 6) is -0.305. The summed E-state index contributed by atoms with van der Waals surface area (Å²) < 4.78 is 4.68. The van der Waals surface area contributed by atoms with Crippen molar-refractivity contribution in [2.24, 2.45) is 5.73 Å². The van der Waals surface area contributed by atoms with E-state index >= 15 is 0 Å². The molecular formula is C19H21NO2. The smallest absolute Gasteiger partial charge is 0.307 e. The summed E-state index contributed by atoms with van der Waals surface area (Å²) in [4.78, 5) is 11.4. The Kier molecular flexibility index (Phi) is 5.12. The Morgan fingerprint density at radius 1 is 1.32 bits per heavy atom. The number of benzene rings is 2. The van der Waals surface area contributed by atoms with Gasteiger partial charge in [-0.15, -0.1) is 0 Å². The van der Waals surface area contributed by atoms with Gasteiger partial charge < -0.3 is 10.5 Å². The average molecular weight is 295 g/mol. The summed E-state index contributed by atoms with van der Waals surface area (Å²) in [6.45, 7) is 5.95. The molecule has 22 heavy (non-hydrogen) atoms. The number of nitrogens with two attached hydrogens (primary N) is 1. The normalized spacial score (nSPS) is 11.8. The highest BCUT2D eigenvalue weighted by molar-refractivity contribution is 5.78. The van der Waals surface area contributed by atoms with Crippen LogP contribution in [-0.2, 0) is 9.53 Å². The van der Waals surface area contributed by atoms with Gasteiger partial charge in [0.1, 0.15) is 0 Å². The molecule has 2 N–H and O–H groups in total. The average Bonchev–Trinajstić information content (AvgIpc) is 2.54. The first-order valence-electron chi connectivity index (χ1n) is 7.21. The van der Waals surface area contributed by atoms with Crippen molar-refractivity contribution < 1.29 is 9.53 Å². The van der Waals surface area contributed by atoms with Crippen molar-refractivity contribution in [3.8, 4) is 11.1 Å². The second kappa shape index (κ2) is 7.05. The minimum atomic E-state index is -0.372. The molecule has 114 valence electrons. The molecule has 0 aromatic heterocycles. The Bertz CT molecular complexity index is 692. The summed E-state index contributed by atoms with van der Waals surface area (Å²) in [5.41, 5.74) is 11.5. The van der Waals surface area contributed by atoms with E-state index in [-0.39, 0.29) is 18.4 Å². The zero-order valence-corrected chi connectivity index (χ0v) is 13.0. The van der Waals surface area contributed by atoms with Crippen LogP contribution in [0.25, 0.3) is 17.2 Å². The molecule has 2 rings (SSSR count). The van der Waals surface area contributed by atoms with Gasteiger partial charge in [-0.3, -0.25) is 4.79 Å². The first-order valence-corrected chi connectivity index (χ1v) is 7.21. The number of ether oxygens (including phenoxy) is 1. The van der Waals surface area contributed by atoms with Gasteiger partial charge in [0.15, 0.2) is 0 Å². The number of aryl methyl sites for hydroxylation is 1. The third-order valence-corrected chi connectivity index (χ3v) is 3.74. The lowest BCUT2D eigenvalue weighted by atomic mass is 9.92. The molecule has 0 aliphatic rings. The van der Waals surface area contributed by atoms with Crippen LogP contribution in [0.15, 0.2) is 49.0 Å². The molecular weight excluding hydrogens is 274 g/mol. The second-order valence-electron chi connectivity index (χ2n) is 5.26. The molecule has 2 aromatic rings. The molecule has 1 atom stereocenters. The summed E-state index contributed by atoms with van der Waals surface area (Å²) in [6.07, 6.45) is 2.02. The quantitative estimate of drug-likeness (QED) is 0.852. The highest BCUT2D eigenvalue weighted by Gasteiger charge is 2.13. The Morgan fingerprint density at radius 3 is 2.73 bits per heavy atom. The molecule has 0 spiro atoms. The maximum absolute atomic E-state index is 11.4. The van der Waals surface area contributed by atoms with E-state index in [2.05, 4.69) is 24.3 Å². The number of rotatable bonds is 5. The highest BCUT2D eigenvalue weighted by atomic mass is 16.5. The van der Waals surface area contributed by atoms with Gasteiger partial charge in [0.25, 0.3) is 0 Å². The van der Waals surface area contributed by atoms with Crippen LogP contribution in [0.5, 0.6) is 0 Å². The van der Waals surface area contributed by atoms with E-state index in [0.29, 0.717) is 0 Å². The number of methoxy groups -OCH3 is 1. The van der Waals surface area contributed by atoms with Gasteiger partial charge in [0, 0.05) is 6.04 Å². The molecule has 0 amide bonds. The fourth-order valence-electron chi connectivity index (χ4n) is 2.56. The molecule has 0 saturated carbocycles. The topological polar surface area (TPSA) is 52.3 Å². The molecule has 0 heterocycles. The number of esters is 1. The van der Waals surface area contributed by atoms with Crippen LogP contribution in [0.1, 0.15) is 29.2 Å². The Labute approximate surface area is 131 Å². The van der Waals surface area contributed by atoms with Gasteiger partial charge in [-0.1, -0.05) is 49.1 Å². The van der Waals surface area contributed by atoms with Crippen LogP contribution in [0.2, 0.25) is 0 Å². The molecule has 0 saturated heterocycles. The van der Waals surface area contributed by atoms with Crippen LogP contribution in [0, 0.1) is 6.92 Å². The van der Waals surface area contributed by atoms with Crippen LogP contribution in [-0.4, -0.2) is 13.1 Å². The number of hydrogen-bond donors (Lipinski definition) is 1. The van der Waals surface area contributed by atoms with Crippen LogP contribution in [0.4, 0.5) is 0 Å². The second-order valence-corrected chi connectivity index (χ2v) is 5.26. The van der Waals surface area contributed by atoms with Gasteiger partial charge in [-0.25, -0.2) is 0 Å². The number of carbonyl (C=O) groups excluding carboxylic acids is 1. The lowest BCUT2D eigenvalue weighted by Crippen LogP contribution is -2.16. The van der Waals surface area contributed by atoms with Gasteiger partial charge in [0.2, 0.25) is 0 Å². The summed E-state index contributed by atoms with van der Waals surface area (Å²) in [7, 11) is 1.37. The first-order chi connectivity index (χ1) is 10.6. The molecule has 0 radical (unpaired) electrons. The van der Waals surface area contributed by atoms with E-state index in [4.69, 9.17) is 5.73 Å². The van der Waals surface area contributed by atoms with E-state index in [9.17, 15) is 4.79 Å². The molecule has 0 bridgehead atoms. The van der Waals surface area contributed by atoms with Gasteiger partial charge in [-0.05, 0) is 40.8 Å². The van der Waals surface area contributed by atoms with E-state index in [1.807, 2.05) is 42.5 Å². The molecule has 0 aliphatic carbocycles. The van der Waals surface area contributed by atoms with E-state index in [1.165, 1.54) is 12.7 Å². The SMILES string of the molecule is C=Cc1cccc(C)c1-c1cccc([C@@H](N)CC(=O)OC)c1. The van der Waals surface area contributed by atoms with Crippen LogP contribution < -0.4 is 5.73 Å². The maximum Gasteiger partial charge on any atom is 0.307 e. The van der Waals surface area contributed by atoms with Gasteiger partial charge in [-0.2, -0.15) is 0 Å². The minimum Gasteiger partial charge on any atom is -0.469 e. The van der Waals surface area contributed by atoms with E-state index in [1.54, 1.807) is 0 Å². The first kappa shape index (κ1) is 16.0. The molecule has 0 aliphatic heterocycles. The third-order valence-electron chi connectivity index (χ3n) is 3.74. The van der Waals surface area contributed by atoms with Crippen molar-refractivity contribution in [1.29, 1.82) is 0 Å². The van der Waals surface area contributed by atoms with Crippen LogP contribution >= 0.6 is 0 Å². The fraction of sp³-hybridized carbons (Fsp3) is 0.211. The molecule has 2 aromatic carbocycles. The Balaban J connectivity index is 2.41. The number of hydrogen-bond acceptors (Lipinski definition) is 3. The number of carbonyl (C=O) groups is 1. The van der Waals surface area contributed by atoms with Gasteiger partial charge in [0.05, 0.1) is 13.5 Å². The zero-order valence-electron chi connectivity index (χ0n) is 13.0. The summed E-state index contributed by atoms with van der Waals surface area (Å²) in [6, 6.07) is 13.7. The standard InChI is InChI=1S/C19H21NO2/c1-4-14-8-5-7-13(2)19(14)16-10-6-9-15(11-16)17(20)12-18(21)22-3/h4-11,17H,1,12,20H2,2-3H3/t17-/m0/s1. The predicted octanol–water partition coefficient (Wildman–Crippen LogP) is 3.87. The lowest BCUT2D eigenvalue weighted by Gasteiger charge is -2.15. The van der Waals surface area contributed by atoms with Crippen molar-refractivity contribution in [3.05, 3.63) is 65.7 Å². The van der Waals surface area contributed by atoms with Crippen molar-refractivity contribution >= 4 is 12.0 Å². The minimum absolute atomic E-state index is 0.169.